The maximum atomic E-state index is 9.66. The summed E-state index contributed by atoms with van der Waals surface area (Å²) in [6.45, 7) is 1.47. The van der Waals surface area contributed by atoms with Crippen LogP contribution < -0.4 is 5.73 Å². The smallest absolute Gasteiger partial charge is 0.139 e. The molecule has 3 nitrogen and oxygen atoms in total. The van der Waals surface area contributed by atoms with E-state index in [1.54, 1.807) is 0 Å². The second-order valence-corrected chi connectivity index (χ2v) is 1.45. The standard InChI is InChI=1S/C4H9NO2/c1-3(7)4(5)2-6/h2-4,7H,5H2,1H3/t3-,4-/m1/s1. The summed E-state index contributed by atoms with van der Waals surface area (Å²) in [4.78, 5) is 9.66. The van der Waals surface area contributed by atoms with Gasteiger partial charge >= 0.3 is 0 Å². The van der Waals surface area contributed by atoms with Gasteiger partial charge in [0.05, 0.1) is 12.1 Å². The second-order valence-electron chi connectivity index (χ2n) is 1.45. The summed E-state index contributed by atoms with van der Waals surface area (Å²) < 4.78 is 0. The third-order valence-corrected chi connectivity index (χ3v) is 0.714. The molecule has 0 unspecified atom stereocenters. The number of carbonyl (C=O) groups excluding carboxylic acids is 1. The Morgan fingerprint density at radius 1 is 1.86 bits per heavy atom. The first kappa shape index (κ1) is 6.59. The first-order valence-corrected chi connectivity index (χ1v) is 2.07. The Morgan fingerprint density at radius 3 is 2.29 bits per heavy atom. The van der Waals surface area contributed by atoms with Gasteiger partial charge in [0, 0.05) is 0 Å². The maximum absolute atomic E-state index is 9.66. The highest BCUT2D eigenvalue weighted by Crippen LogP contribution is 1.80. The molecule has 0 aliphatic rings. The molecule has 0 spiro atoms. The van der Waals surface area contributed by atoms with Gasteiger partial charge in [-0.1, -0.05) is 0 Å². The van der Waals surface area contributed by atoms with Crippen LogP contribution in [0.1, 0.15) is 6.92 Å². The number of aliphatic hydroxyl groups is 1. The molecule has 0 heterocycles. The largest absolute Gasteiger partial charge is 0.391 e. The number of rotatable bonds is 2. The topological polar surface area (TPSA) is 63.3 Å². The summed E-state index contributed by atoms with van der Waals surface area (Å²) in [6, 6.07) is -0.722. The molecule has 0 aliphatic heterocycles. The molecule has 2 atom stereocenters. The van der Waals surface area contributed by atoms with E-state index in [0.29, 0.717) is 6.29 Å². The molecule has 0 aromatic carbocycles. The molecule has 0 aromatic heterocycles. The SMILES string of the molecule is C[C@@H](O)[C@H](N)C=O. The number of aldehydes is 1. The van der Waals surface area contributed by atoms with Gasteiger partial charge < -0.3 is 15.6 Å². The lowest BCUT2D eigenvalue weighted by Crippen LogP contribution is -2.33. The summed E-state index contributed by atoms with van der Waals surface area (Å²) >= 11 is 0. The van der Waals surface area contributed by atoms with Gasteiger partial charge in [0.15, 0.2) is 0 Å². The minimum Gasteiger partial charge on any atom is -0.391 e. The van der Waals surface area contributed by atoms with E-state index >= 15 is 0 Å². The molecule has 42 valence electrons. The molecule has 3 heteroatoms. The van der Waals surface area contributed by atoms with Crippen molar-refractivity contribution in [2.75, 3.05) is 0 Å². The van der Waals surface area contributed by atoms with Crippen LogP contribution in [-0.4, -0.2) is 23.5 Å². The maximum Gasteiger partial charge on any atom is 0.139 e. The van der Waals surface area contributed by atoms with Gasteiger partial charge in [-0.25, -0.2) is 0 Å². The average molecular weight is 103 g/mol. The molecule has 7 heavy (non-hydrogen) atoms. The van der Waals surface area contributed by atoms with Crippen LogP contribution >= 0.6 is 0 Å². The van der Waals surface area contributed by atoms with Crippen molar-refractivity contribution in [3.63, 3.8) is 0 Å². The number of hydrogen-bond donors (Lipinski definition) is 2. The van der Waals surface area contributed by atoms with Gasteiger partial charge in [0.2, 0.25) is 0 Å². The molecule has 0 fully saturated rings. The number of aliphatic hydroxyl groups excluding tert-OH is 1. The first-order chi connectivity index (χ1) is 3.18. The minimum absolute atomic E-state index is 0.519. The zero-order valence-corrected chi connectivity index (χ0v) is 4.16. The first-order valence-electron chi connectivity index (χ1n) is 2.07. The Bertz CT molecular complexity index is 62.7. The number of carbonyl (C=O) groups is 1. The van der Waals surface area contributed by atoms with Crippen LogP contribution in [0.2, 0.25) is 0 Å². The fourth-order valence-electron chi connectivity index (χ4n) is 0.114. The third kappa shape index (κ3) is 2.31. The average Bonchev–Trinajstić information content (AvgIpc) is 1.65. The van der Waals surface area contributed by atoms with E-state index in [1.807, 2.05) is 0 Å². The van der Waals surface area contributed by atoms with Crippen molar-refractivity contribution in [1.82, 2.24) is 0 Å². The van der Waals surface area contributed by atoms with Crippen LogP contribution in [0.4, 0.5) is 0 Å². The summed E-state index contributed by atoms with van der Waals surface area (Å²) in [7, 11) is 0. The van der Waals surface area contributed by atoms with Gasteiger partial charge in [-0.2, -0.15) is 0 Å². The Labute approximate surface area is 42.1 Å². The molecule has 0 bridgehead atoms. The van der Waals surface area contributed by atoms with Crippen molar-refractivity contribution in [1.29, 1.82) is 0 Å². The third-order valence-electron chi connectivity index (χ3n) is 0.714. The Balaban J connectivity index is 3.33. The summed E-state index contributed by atoms with van der Waals surface area (Å²) in [5.74, 6) is 0. The molecule has 0 saturated heterocycles. The predicted octanol–water partition coefficient (Wildman–Crippen LogP) is -1.11. The lowest BCUT2D eigenvalue weighted by atomic mass is 10.2. The van der Waals surface area contributed by atoms with E-state index in [0.717, 1.165) is 0 Å². The molecule has 0 aromatic rings. The number of hydrogen-bond acceptors (Lipinski definition) is 3. The fraction of sp³-hybridized carbons (Fsp3) is 0.750. The fourth-order valence-corrected chi connectivity index (χ4v) is 0.114. The molecule has 0 amide bonds. The van der Waals surface area contributed by atoms with Crippen molar-refractivity contribution in [2.24, 2.45) is 5.73 Å². The summed E-state index contributed by atoms with van der Waals surface area (Å²) in [6.07, 6.45) is -0.206. The van der Waals surface area contributed by atoms with Crippen molar-refractivity contribution in [3.05, 3.63) is 0 Å². The monoisotopic (exact) mass is 103 g/mol. The number of nitrogens with two attached hydrogens (primary N) is 1. The molecular weight excluding hydrogens is 94.0 g/mol. The normalized spacial score (nSPS) is 18.1. The zero-order valence-electron chi connectivity index (χ0n) is 4.16. The molecule has 0 aliphatic carbocycles. The molecular formula is C4H9NO2. The minimum atomic E-state index is -0.725. The van der Waals surface area contributed by atoms with Gasteiger partial charge in [0.25, 0.3) is 0 Å². The summed E-state index contributed by atoms with van der Waals surface area (Å²) in [5.41, 5.74) is 5.00. The van der Waals surface area contributed by atoms with Crippen LogP contribution in [0.25, 0.3) is 0 Å². The lowest BCUT2D eigenvalue weighted by molar-refractivity contribution is -0.110. The van der Waals surface area contributed by atoms with Crippen molar-refractivity contribution in [3.8, 4) is 0 Å². The molecule has 0 rings (SSSR count). The van der Waals surface area contributed by atoms with Crippen LogP contribution in [0, 0.1) is 0 Å². The molecule has 3 N–H and O–H groups in total. The van der Waals surface area contributed by atoms with Crippen molar-refractivity contribution >= 4 is 6.29 Å². The highest BCUT2D eigenvalue weighted by Gasteiger charge is 2.04. The van der Waals surface area contributed by atoms with E-state index in [1.165, 1.54) is 6.92 Å². The quantitative estimate of drug-likeness (QED) is 0.436. The highest BCUT2D eigenvalue weighted by molar-refractivity contribution is 5.57. The van der Waals surface area contributed by atoms with Crippen LogP contribution in [0.3, 0.4) is 0 Å². The van der Waals surface area contributed by atoms with E-state index in [2.05, 4.69) is 0 Å². The van der Waals surface area contributed by atoms with Crippen LogP contribution in [0.5, 0.6) is 0 Å². The van der Waals surface area contributed by atoms with Crippen molar-refractivity contribution < 1.29 is 9.90 Å². The van der Waals surface area contributed by atoms with Gasteiger partial charge in [-0.3, -0.25) is 0 Å². The van der Waals surface area contributed by atoms with Gasteiger partial charge in [-0.05, 0) is 6.92 Å². The molecule has 0 radical (unpaired) electrons. The Morgan fingerprint density at radius 2 is 2.29 bits per heavy atom. The Kier molecular flexibility index (Phi) is 2.55. The van der Waals surface area contributed by atoms with Gasteiger partial charge in [0.1, 0.15) is 6.29 Å². The van der Waals surface area contributed by atoms with E-state index < -0.39 is 12.1 Å². The van der Waals surface area contributed by atoms with Crippen LogP contribution in [0.15, 0.2) is 0 Å². The van der Waals surface area contributed by atoms with E-state index in [9.17, 15) is 4.79 Å². The molecule has 0 saturated carbocycles. The van der Waals surface area contributed by atoms with E-state index in [-0.39, 0.29) is 0 Å². The highest BCUT2D eigenvalue weighted by atomic mass is 16.3. The van der Waals surface area contributed by atoms with Gasteiger partial charge in [-0.15, -0.1) is 0 Å². The van der Waals surface area contributed by atoms with E-state index in [4.69, 9.17) is 10.8 Å². The predicted molar refractivity (Wildman–Crippen MR) is 25.7 cm³/mol. The zero-order chi connectivity index (χ0) is 5.86. The van der Waals surface area contributed by atoms with Crippen LogP contribution in [-0.2, 0) is 4.79 Å². The van der Waals surface area contributed by atoms with Crippen molar-refractivity contribution in [2.45, 2.75) is 19.1 Å². The second kappa shape index (κ2) is 2.71. The lowest BCUT2D eigenvalue weighted by Gasteiger charge is -2.03. The Hall–Kier alpha value is -0.410. The summed E-state index contributed by atoms with van der Waals surface area (Å²) in [5, 5.41) is 8.46.